The Morgan fingerprint density at radius 3 is 1.55 bits per heavy atom. The fourth-order valence-corrected chi connectivity index (χ4v) is 4.68. The SMILES string of the molecule is COc1ccc(-c2cc(-c3cccc([N+](C)(C(=O)O)N(C)C(=O)O)n3)nc(-c3cccc([N+](C)(C(=O)O)N(C)C(=O)O)n3)c2)cc1N=C=O. The number of methoxy groups -OCH3 is 1. The topological polar surface area (TPSA) is 233 Å². The maximum atomic E-state index is 12.4. The van der Waals surface area contributed by atoms with Crippen LogP contribution in [0.15, 0.2) is 71.7 Å². The van der Waals surface area contributed by atoms with Crippen molar-refractivity contribution < 1.29 is 49.1 Å². The van der Waals surface area contributed by atoms with Gasteiger partial charge in [0, 0.05) is 12.1 Å². The number of isocyanates is 1. The van der Waals surface area contributed by atoms with E-state index in [0.717, 1.165) is 28.2 Å². The van der Waals surface area contributed by atoms with E-state index >= 15 is 0 Å². The number of aromatic nitrogens is 3. The van der Waals surface area contributed by atoms with Gasteiger partial charge < -0.3 is 25.2 Å². The lowest BCUT2D eigenvalue weighted by Crippen LogP contribution is -2.62. The van der Waals surface area contributed by atoms with E-state index in [0.29, 0.717) is 21.1 Å². The predicted molar refractivity (Wildman–Crippen MR) is 174 cm³/mol. The first-order valence-corrected chi connectivity index (χ1v) is 14.0. The molecular formula is C31H30N8O10+2. The first-order valence-electron chi connectivity index (χ1n) is 14.0. The van der Waals surface area contributed by atoms with Gasteiger partial charge in [-0.15, -0.1) is 10.0 Å². The number of carbonyl (C=O) groups is 4. The second kappa shape index (κ2) is 13.5. The summed E-state index contributed by atoms with van der Waals surface area (Å²) in [5, 5.41) is 40.4. The number of ether oxygens (including phenoxy) is 1. The second-order valence-corrected chi connectivity index (χ2v) is 10.6. The Morgan fingerprint density at radius 2 is 1.16 bits per heavy atom. The summed E-state index contributed by atoms with van der Waals surface area (Å²) in [6.07, 6.45) is -4.65. The van der Waals surface area contributed by atoms with Gasteiger partial charge in [-0.3, -0.25) is 0 Å². The Hall–Kier alpha value is -6.75. The summed E-state index contributed by atoms with van der Waals surface area (Å²) in [7, 11) is 5.82. The van der Waals surface area contributed by atoms with Crippen LogP contribution in [0, 0.1) is 0 Å². The largest absolute Gasteiger partial charge is 0.545 e. The zero-order chi connectivity index (χ0) is 36.3. The van der Waals surface area contributed by atoms with Gasteiger partial charge in [0.1, 0.15) is 25.5 Å². The normalized spacial score (nSPS) is 13.2. The highest BCUT2D eigenvalue weighted by atomic mass is 16.5. The maximum Gasteiger partial charge on any atom is 0.545 e. The van der Waals surface area contributed by atoms with E-state index in [1.165, 1.54) is 49.6 Å². The van der Waals surface area contributed by atoms with Crippen LogP contribution in [0.1, 0.15) is 0 Å². The van der Waals surface area contributed by atoms with Crippen LogP contribution in [-0.4, -0.2) is 111 Å². The molecule has 3 heterocycles. The Labute approximate surface area is 277 Å². The molecule has 0 radical (unpaired) electrons. The van der Waals surface area contributed by atoms with Crippen molar-refractivity contribution in [2.24, 2.45) is 4.99 Å². The molecule has 0 aliphatic rings. The third-order valence-corrected chi connectivity index (χ3v) is 7.89. The molecule has 2 atom stereocenters. The van der Waals surface area contributed by atoms with E-state index in [4.69, 9.17) is 4.74 Å². The van der Waals surface area contributed by atoms with E-state index in [9.17, 15) is 44.4 Å². The molecule has 0 saturated heterocycles. The summed E-state index contributed by atoms with van der Waals surface area (Å²) in [6, 6.07) is 16.6. The number of carbonyl (C=O) groups excluding carboxylic acids is 1. The van der Waals surface area contributed by atoms with Gasteiger partial charge >= 0.3 is 24.4 Å². The molecule has 49 heavy (non-hydrogen) atoms. The highest BCUT2D eigenvalue weighted by Crippen LogP contribution is 2.36. The number of benzene rings is 1. The van der Waals surface area contributed by atoms with Crippen molar-refractivity contribution in [3.8, 4) is 39.7 Å². The van der Waals surface area contributed by atoms with E-state index < -0.39 is 33.6 Å². The summed E-state index contributed by atoms with van der Waals surface area (Å²) in [4.78, 5) is 76.8. The van der Waals surface area contributed by atoms with Gasteiger partial charge in [-0.2, -0.15) is 24.5 Å². The average Bonchev–Trinajstić information content (AvgIpc) is 3.09. The van der Waals surface area contributed by atoms with Crippen molar-refractivity contribution in [3.63, 3.8) is 0 Å². The summed E-state index contributed by atoms with van der Waals surface area (Å²) in [5.41, 5.74) is 1.68. The van der Waals surface area contributed by atoms with Gasteiger partial charge in [0.15, 0.2) is 0 Å². The molecule has 18 heteroatoms. The number of carboxylic acid groups (broad SMARTS) is 4. The number of nitrogens with zero attached hydrogens (tertiary/aromatic N) is 8. The number of amides is 4. The number of rotatable bonds is 7. The first kappa shape index (κ1) is 35.1. The van der Waals surface area contributed by atoms with Crippen molar-refractivity contribution >= 4 is 47.8 Å². The number of aliphatic imine (C=N–C) groups is 1. The third-order valence-electron chi connectivity index (χ3n) is 7.89. The van der Waals surface area contributed by atoms with E-state index in [-0.39, 0.29) is 45.8 Å². The van der Waals surface area contributed by atoms with Crippen LogP contribution >= 0.6 is 0 Å². The molecule has 0 spiro atoms. The molecule has 18 nitrogen and oxygen atoms in total. The quantitative estimate of drug-likeness (QED) is 0.0863. The predicted octanol–water partition coefficient (Wildman–Crippen LogP) is 5.13. The van der Waals surface area contributed by atoms with Crippen LogP contribution < -0.4 is 13.9 Å². The van der Waals surface area contributed by atoms with E-state index in [2.05, 4.69) is 19.9 Å². The van der Waals surface area contributed by atoms with Crippen molar-refractivity contribution in [3.05, 3.63) is 66.7 Å². The molecule has 0 bridgehead atoms. The lowest BCUT2D eigenvalue weighted by Gasteiger charge is -2.31. The molecule has 4 aromatic rings. The van der Waals surface area contributed by atoms with Crippen LogP contribution in [0.3, 0.4) is 0 Å². The van der Waals surface area contributed by atoms with Crippen LogP contribution in [0.5, 0.6) is 5.75 Å². The van der Waals surface area contributed by atoms with Gasteiger partial charge in [0.05, 0.1) is 44.0 Å². The molecule has 0 aliphatic heterocycles. The van der Waals surface area contributed by atoms with Gasteiger partial charge in [-0.1, -0.05) is 27.4 Å². The molecule has 0 aliphatic carbocycles. The molecule has 4 rings (SSSR count). The summed E-state index contributed by atoms with van der Waals surface area (Å²) in [6.45, 7) is 0. The molecule has 3 aromatic heterocycles. The second-order valence-electron chi connectivity index (χ2n) is 10.6. The van der Waals surface area contributed by atoms with Crippen LogP contribution in [0.2, 0.25) is 0 Å². The molecule has 1 aromatic carbocycles. The Bertz CT molecular complexity index is 1930. The minimum absolute atomic E-state index is 0.123. The molecule has 0 fully saturated rings. The Kier molecular flexibility index (Phi) is 9.70. The fraction of sp³-hybridized carbons (Fsp3) is 0.161. The smallest absolute Gasteiger partial charge is 0.494 e. The van der Waals surface area contributed by atoms with Crippen molar-refractivity contribution in [1.82, 2.24) is 34.2 Å². The Balaban J connectivity index is 2.02. The van der Waals surface area contributed by atoms with Crippen molar-refractivity contribution in [2.75, 3.05) is 35.3 Å². The highest BCUT2D eigenvalue weighted by molar-refractivity contribution is 5.85. The zero-order valence-electron chi connectivity index (χ0n) is 26.7. The molecule has 2 unspecified atom stereocenters. The molecule has 252 valence electrons. The minimum atomic E-state index is -1.54. The monoisotopic (exact) mass is 674 g/mol. The lowest BCUT2D eigenvalue weighted by molar-refractivity contribution is 0.0371. The summed E-state index contributed by atoms with van der Waals surface area (Å²) < 4.78 is 2.77. The van der Waals surface area contributed by atoms with Gasteiger partial charge in [0.25, 0.3) is 11.6 Å². The number of hydrogen-bond donors (Lipinski definition) is 4. The maximum absolute atomic E-state index is 12.4. The fourth-order valence-electron chi connectivity index (χ4n) is 4.68. The third kappa shape index (κ3) is 6.45. The van der Waals surface area contributed by atoms with Gasteiger partial charge in [0.2, 0.25) is 6.08 Å². The van der Waals surface area contributed by atoms with E-state index in [1.807, 2.05) is 0 Å². The van der Waals surface area contributed by atoms with Crippen LogP contribution in [-0.2, 0) is 4.79 Å². The van der Waals surface area contributed by atoms with Crippen LogP contribution in [0.25, 0.3) is 33.9 Å². The molecular weight excluding hydrogens is 644 g/mol. The number of hydrogen-bond acceptors (Lipinski definition) is 10. The van der Waals surface area contributed by atoms with E-state index in [1.54, 1.807) is 30.3 Å². The van der Waals surface area contributed by atoms with Crippen LogP contribution in [0.4, 0.5) is 36.5 Å². The minimum Gasteiger partial charge on any atom is -0.494 e. The average molecular weight is 675 g/mol. The highest BCUT2D eigenvalue weighted by Gasteiger charge is 2.46. The van der Waals surface area contributed by atoms with Crippen molar-refractivity contribution in [1.29, 1.82) is 0 Å². The van der Waals surface area contributed by atoms with Gasteiger partial charge in [-0.25, -0.2) is 19.4 Å². The van der Waals surface area contributed by atoms with Gasteiger partial charge in [-0.05, 0) is 47.5 Å². The summed E-state index contributed by atoms with van der Waals surface area (Å²) in [5.74, 6) is -0.0731. The summed E-state index contributed by atoms with van der Waals surface area (Å²) >= 11 is 0. The Morgan fingerprint density at radius 1 is 0.694 bits per heavy atom. The molecule has 0 saturated carbocycles. The molecule has 4 N–H and O–H groups in total. The first-order chi connectivity index (χ1) is 23.1. The standard InChI is InChI=1S/C31H28N8O10/c1-36(28(41)42)38(3,30(45)46)26-10-6-8-20(34-26)22-15-19(18-12-13-25(49-5)24(14-18)32-17-40)16-23(33-22)21-9-7-11-27(35-21)39(4,31(47)48)37(2)29(43)44/h6-16H,1-5H3,(H2-2,41,42,43,44,45,46,47,48)/p+2. The number of quaternary nitrogens is 2. The molecule has 4 amide bonds. The lowest BCUT2D eigenvalue weighted by atomic mass is 10.0. The number of pyridine rings is 3. The van der Waals surface area contributed by atoms with Crippen molar-refractivity contribution in [2.45, 2.75) is 0 Å². The zero-order valence-corrected chi connectivity index (χ0v) is 26.7.